The smallest absolute Gasteiger partial charge is 0.0707 e. The molecule has 1 atom stereocenters. The Hall–Kier alpha value is -0.900. The van der Waals surface area contributed by atoms with E-state index in [9.17, 15) is 0 Å². The van der Waals surface area contributed by atoms with Gasteiger partial charge in [-0.05, 0) is 52.8 Å². The largest absolute Gasteiger partial charge is 0.377 e. The molecule has 0 bridgehead atoms. The number of aryl methyl sites for hydroxylation is 2. The molecule has 1 aromatic rings. The third-order valence-corrected chi connectivity index (χ3v) is 3.20. The highest BCUT2D eigenvalue weighted by Gasteiger charge is 2.13. The van der Waals surface area contributed by atoms with Gasteiger partial charge in [-0.1, -0.05) is 23.8 Å². The van der Waals surface area contributed by atoms with Gasteiger partial charge < -0.3 is 14.8 Å². The number of ether oxygens (including phenoxy) is 2. The van der Waals surface area contributed by atoms with Crippen molar-refractivity contribution in [3.63, 3.8) is 0 Å². The van der Waals surface area contributed by atoms with E-state index < -0.39 is 0 Å². The fourth-order valence-electron chi connectivity index (χ4n) is 2.15. The second-order valence-corrected chi connectivity index (χ2v) is 6.24. The van der Waals surface area contributed by atoms with Gasteiger partial charge in [-0.2, -0.15) is 0 Å². The molecule has 3 nitrogen and oxygen atoms in total. The van der Waals surface area contributed by atoms with Crippen molar-refractivity contribution in [3.05, 3.63) is 34.9 Å². The third-order valence-electron chi connectivity index (χ3n) is 3.20. The van der Waals surface area contributed by atoms with Crippen molar-refractivity contribution in [1.29, 1.82) is 0 Å². The lowest BCUT2D eigenvalue weighted by atomic mass is 10.00. The molecule has 1 N–H and O–H groups in total. The van der Waals surface area contributed by atoms with Crippen LogP contribution in [0.3, 0.4) is 0 Å². The number of hydrogen-bond acceptors (Lipinski definition) is 3. The average Bonchev–Trinajstić information content (AvgIpc) is 2.33. The van der Waals surface area contributed by atoms with Gasteiger partial charge in [0.15, 0.2) is 0 Å². The van der Waals surface area contributed by atoms with Gasteiger partial charge in [0.2, 0.25) is 0 Å². The zero-order valence-corrected chi connectivity index (χ0v) is 13.7. The minimum atomic E-state index is -0.0979. The summed E-state index contributed by atoms with van der Waals surface area (Å²) in [5.41, 5.74) is 3.80. The van der Waals surface area contributed by atoms with Crippen LogP contribution in [0.4, 0.5) is 0 Å². The van der Waals surface area contributed by atoms with Crippen LogP contribution in [-0.4, -0.2) is 32.5 Å². The molecule has 1 aromatic carbocycles. The summed E-state index contributed by atoms with van der Waals surface area (Å²) in [6, 6.07) is 6.77. The highest BCUT2D eigenvalue weighted by Crippen LogP contribution is 2.19. The second kappa shape index (κ2) is 7.77. The van der Waals surface area contributed by atoms with Gasteiger partial charge in [-0.3, -0.25) is 0 Å². The van der Waals surface area contributed by atoms with Gasteiger partial charge in [-0.25, -0.2) is 0 Å². The molecule has 0 aliphatic carbocycles. The summed E-state index contributed by atoms with van der Waals surface area (Å²) < 4.78 is 11.4. The summed E-state index contributed by atoms with van der Waals surface area (Å²) in [6.07, 6.45) is 0. The molecule has 0 aromatic heterocycles. The molecule has 0 saturated carbocycles. The Morgan fingerprint density at radius 1 is 1.15 bits per heavy atom. The van der Waals surface area contributed by atoms with Crippen molar-refractivity contribution in [1.82, 2.24) is 5.32 Å². The fourth-order valence-corrected chi connectivity index (χ4v) is 2.15. The highest BCUT2D eigenvalue weighted by molar-refractivity contribution is 5.32. The van der Waals surface area contributed by atoms with E-state index in [-0.39, 0.29) is 11.6 Å². The maximum atomic E-state index is 5.73. The van der Waals surface area contributed by atoms with Crippen molar-refractivity contribution in [3.8, 4) is 0 Å². The van der Waals surface area contributed by atoms with Gasteiger partial charge in [0.05, 0.1) is 31.5 Å². The summed E-state index contributed by atoms with van der Waals surface area (Å²) in [7, 11) is 1.97. The lowest BCUT2D eigenvalue weighted by Gasteiger charge is -2.21. The molecule has 1 unspecified atom stereocenters. The molecule has 0 saturated heterocycles. The highest BCUT2D eigenvalue weighted by atomic mass is 16.5. The SMILES string of the molecule is CNC(COCCOC(C)(C)C)c1ccc(C)cc1C. The van der Waals surface area contributed by atoms with E-state index in [0.717, 1.165) is 0 Å². The predicted octanol–water partition coefficient (Wildman–Crippen LogP) is 3.40. The van der Waals surface area contributed by atoms with Crippen LogP contribution in [0.25, 0.3) is 0 Å². The number of likely N-dealkylation sites (N-methyl/N-ethyl adjacent to an activating group) is 1. The number of nitrogens with one attached hydrogen (secondary N) is 1. The molecule has 0 aliphatic heterocycles. The van der Waals surface area contributed by atoms with Crippen molar-refractivity contribution < 1.29 is 9.47 Å². The molecule has 0 spiro atoms. The van der Waals surface area contributed by atoms with Crippen LogP contribution < -0.4 is 5.32 Å². The fraction of sp³-hybridized carbons (Fsp3) is 0.647. The summed E-state index contributed by atoms with van der Waals surface area (Å²) in [4.78, 5) is 0. The van der Waals surface area contributed by atoms with Crippen molar-refractivity contribution in [2.75, 3.05) is 26.9 Å². The van der Waals surface area contributed by atoms with Crippen molar-refractivity contribution in [2.24, 2.45) is 0 Å². The van der Waals surface area contributed by atoms with E-state index in [1.807, 2.05) is 7.05 Å². The molecule has 0 radical (unpaired) electrons. The third kappa shape index (κ3) is 6.04. The Kier molecular flexibility index (Phi) is 6.66. The second-order valence-electron chi connectivity index (χ2n) is 6.24. The van der Waals surface area contributed by atoms with Gasteiger partial charge in [0.25, 0.3) is 0 Å². The lowest BCUT2D eigenvalue weighted by Crippen LogP contribution is -2.25. The van der Waals surface area contributed by atoms with Crippen molar-refractivity contribution >= 4 is 0 Å². The van der Waals surface area contributed by atoms with E-state index in [1.165, 1.54) is 16.7 Å². The number of benzene rings is 1. The van der Waals surface area contributed by atoms with Crippen LogP contribution in [0.1, 0.15) is 43.5 Å². The first-order valence-electron chi connectivity index (χ1n) is 7.29. The average molecular weight is 279 g/mol. The molecule has 0 aliphatic rings. The molecule has 20 heavy (non-hydrogen) atoms. The normalized spacial score (nSPS) is 13.5. The molecular weight excluding hydrogens is 250 g/mol. The number of hydrogen-bond donors (Lipinski definition) is 1. The Bertz CT molecular complexity index is 410. The quantitative estimate of drug-likeness (QED) is 0.776. The maximum absolute atomic E-state index is 5.73. The van der Waals surface area contributed by atoms with Crippen LogP contribution >= 0.6 is 0 Å². The van der Waals surface area contributed by atoms with Gasteiger partial charge in [-0.15, -0.1) is 0 Å². The van der Waals surface area contributed by atoms with E-state index in [1.54, 1.807) is 0 Å². The van der Waals surface area contributed by atoms with Gasteiger partial charge in [0, 0.05) is 0 Å². The first kappa shape index (κ1) is 17.2. The Morgan fingerprint density at radius 2 is 1.85 bits per heavy atom. The molecule has 3 heteroatoms. The van der Waals surface area contributed by atoms with Crippen LogP contribution in [0, 0.1) is 13.8 Å². The summed E-state index contributed by atoms with van der Waals surface area (Å²) >= 11 is 0. The minimum absolute atomic E-state index is 0.0979. The minimum Gasteiger partial charge on any atom is -0.377 e. The van der Waals surface area contributed by atoms with Crippen molar-refractivity contribution in [2.45, 2.75) is 46.3 Å². The first-order valence-corrected chi connectivity index (χ1v) is 7.29. The zero-order chi connectivity index (χ0) is 15.2. The molecule has 0 fully saturated rings. The van der Waals surface area contributed by atoms with E-state index in [0.29, 0.717) is 19.8 Å². The molecule has 0 amide bonds. The lowest BCUT2D eigenvalue weighted by molar-refractivity contribution is -0.0372. The van der Waals surface area contributed by atoms with Gasteiger partial charge in [0.1, 0.15) is 0 Å². The molecule has 1 rings (SSSR count). The van der Waals surface area contributed by atoms with Gasteiger partial charge >= 0.3 is 0 Å². The standard InChI is InChI=1S/C17H29NO2/c1-13-7-8-15(14(2)11-13)16(18-6)12-19-9-10-20-17(3,4)5/h7-8,11,16,18H,9-10,12H2,1-6H3. The predicted molar refractivity (Wildman–Crippen MR) is 84.2 cm³/mol. The van der Waals surface area contributed by atoms with Crippen LogP contribution in [-0.2, 0) is 9.47 Å². The number of rotatable bonds is 7. The first-order chi connectivity index (χ1) is 9.33. The summed E-state index contributed by atoms with van der Waals surface area (Å²) in [5.74, 6) is 0. The van der Waals surface area contributed by atoms with Crippen LogP contribution in [0.5, 0.6) is 0 Å². The monoisotopic (exact) mass is 279 g/mol. The van der Waals surface area contributed by atoms with E-state index in [4.69, 9.17) is 9.47 Å². The Morgan fingerprint density at radius 3 is 2.40 bits per heavy atom. The topological polar surface area (TPSA) is 30.5 Å². The van der Waals surface area contributed by atoms with E-state index >= 15 is 0 Å². The Labute approximate surface area is 123 Å². The van der Waals surface area contributed by atoms with Crippen LogP contribution in [0.15, 0.2) is 18.2 Å². The molecule has 0 heterocycles. The Balaban J connectivity index is 2.44. The molecule has 114 valence electrons. The maximum Gasteiger partial charge on any atom is 0.0707 e. The molecular formula is C17H29NO2. The van der Waals surface area contributed by atoms with E-state index in [2.05, 4.69) is 58.1 Å². The zero-order valence-electron chi connectivity index (χ0n) is 13.7. The van der Waals surface area contributed by atoms with Crippen LogP contribution in [0.2, 0.25) is 0 Å². The summed E-state index contributed by atoms with van der Waals surface area (Å²) in [6.45, 7) is 12.3. The summed E-state index contributed by atoms with van der Waals surface area (Å²) in [5, 5.41) is 3.32.